The Labute approximate surface area is 144 Å². The number of amides is 1. The summed E-state index contributed by atoms with van der Waals surface area (Å²) >= 11 is 0. The Hall–Kier alpha value is -2.36. The van der Waals surface area contributed by atoms with Crippen molar-refractivity contribution in [3.63, 3.8) is 0 Å². The van der Waals surface area contributed by atoms with E-state index in [0.29, 0.717) is 11.6 Å². The van der Waals surface area contributed by atoms with Gasteiger partial charge < -0.3 is 9.80 Å². The van der Waals surface area contributed by atoms with Crippen LogP contribution in [0.15, 0.2) is 48.5 Å². The zero-order valence-electron chi connectivity index (χ0n) is 14.9. The number of rotatable bonds is 3. The van der Waals surface area contributed by atoms with E-state index in [1.807, 2.05) is 12.1 Å². The van der Waals surface area contributed by atoms with Crippen molar-refractivity contribution >= 4 is 11.7 Å². The minimum atomic E-state index is -0.0603. The van der Waals surface area contributed by atoms with Crippen LogP contribution >= 0.6 is 0 Å². The molecule has 126 valence electrons. The molecule has 1 atom stereocenters. The summed E-state index contributed by atoms with van der Waals surface area (Å²) in [6.07, 6.45) is 0. The third kappa shape index (κ3) is 3.14. The molecule has 1 aromatic heterocycles. The number of carbonyl (C=O) groups is 1. The Balaban J connectivity index is 1.87. The number of benzene rings is 1. The Morgan fingerprint density at radius 2 is 1.83 bits per heavy atom. The smallest absolute Gasteiger partial charge is 0.272 e. The number of anilines is 1. The van der Waals surface area contributed by atoms with Gasteiger partial charge in [-0.1, -0.05) is 50.2 Å². The highest BCUT2D eigenvalue weighted by Crippen LogP contribution is 2.43. The molecule has 1 aliphatic rings. The summed E-state index contributed by atoms with van der Waals surface area (Å²) in [6, 6.07) is 16.4. The van der Waals surface area contributed by atoms with Crippen LogP contribution in [0.3, 0.4) is 0 Å². The van der Waals surface area contributed by atoms with Crippen molar-refractivity contribution in [2.45, 2.75) is 19.8 Å². The maximum Gasteiger partial charge on any atom is 0.272 e. The minimum Gasteiger partial charge on any atom is -0.355 e. The zero-order valence-corrected chi connectivity index (χ0v) is 14.9. The first-order valence-corrected chi connectivity index (χ1v) is 8.37. The topological polar surface area (TPSA) is 36.4 Å². The minimum absolute atomic E-state index is 0.0603. The second-order valence-electron chi connectivity index (χ2n) is 7.41. The molecule has 24 heavy (non-hydrogen) atoms. The lowest BCUT2D eigenvalue weighted by Gasteiger charge is -2.25. The van der Waals surface area contributed by atoms with Gasteiger partial charge in [0.1, 0.15) is 11.5 Å². The van der Waals surface area contributed by atoms with Crippen molar-refractivity contribution in [1.29, 1.82) is 0 Å². The summed E-state index contributed by atoms with van der Waals surface area (Å²) in [5.74, 6) is 1.28. The van der Waals surface area contributed by atoms with Crippen LogP contribution in [-0.4, -0.2) is 43.0 Å². The molecule has 3 rings (SSSR count). The van der Waals surface area contributed by atoms with Crippen molar-refractivity contribution in [2.75, 3.05) is 32.1 Å². The van der Waals surface area contributed by atoms with E-state index in [-0.39, 0.29) is 11.3 Å². The molecular formula is C20H25N3O. The van der Waals surface area contributed by atoms with Crippen LogP contribution in [-0.2, 0) is 0 Å². The quantitative estimate of drug-likeness (QED) is 0.868. The molecule has 4 heteroatoms. The van der Waals surface area contributed by atoms with E-state index in [4.69, 9.17) is 0 Å². The van der Waals surface area contributed by atoms with Crippen LogP contribution in [0, 0.1) is 5.41 Å². The number of hydrogen-bond donors (Lipinski definition) is 0. The highest BCUT2D eigenvalue weighted by Gasteiger charge is 2.40. The van der Waals surface area contributed by atoms with Crippen LogP contribution in [0.1, 0.15) is 35.8 Å². The van der Waals surface area contributed by atoms with Crippen molar-refractivity contribution in [3.05, 3.63) is 59.8 Å². The Morgan fingerprint density at radius 1 is 1.12 bits per heavy atom. The molecule has 0 bridgehead atoms. The fourth-order valence-corrected chi connectivity index (χ4v) is 3.50. The third-order valence-corrected chi connectivity index (χ3v) is 4.83. The van der Waals surface area contributed by atoms with Crippen LogP contribution in [0.2, 0.25) is 0 Å². The molecule has 1 aromatic carbocycles. The number of nitrogens with zero attached hydrogens (tertiary/aromatic N) is 3. The first-order chi connectivity index (χ1) is 11.4. The Kier molecular flexibility index (Phi) is 4.31. The predicted octanol–water partition coefficient (Wildman–Crippen LogP) is 3.41. The lowest BCUT2D eigenvalue weighted by Crippen LogP contribution is -2.26. The number of aromatic nitrogens is 1. The van der Waals surface area contributed by atoms with Gasteiger partial charge in [0.15, 0.2) is 0 Å². The monoisotopic (exact) mass is 323 g/mol. The standard InChI is InChI=1S/C20H25N3O/c1-20(2)14-23(13-16(20)15-9-6-5-7-10-15)18-12-8-11-17(21-18)19(24)22(3)4/h5-12,16H,13-14H2,1-4H3/t16-/m0/s1. The van der Waals surface area contributed by atoms with Gasteiger partial charge >= 0.3 is 0 Å². The molecule has 1 saturated heterocycles. The molecule has 1 amide bonds. The van der Waals surface area contributed by atoms with Crippen LogP contribution in [0.4, 0.5) is 5.82 Å². The van der Waals surface area contributed by atoms with E-state index < -0.39 is 0 Å². The zero-order chi connectivity index (χ0) is 17.3. The summed E-state index contributed by atoms with van der Waals surface area (Å²) in [6.45, 7) is 6.46. The van der Waals surface area contributed by atoms with E-state index in [2.05, 4.69) is 54.1 Å². The highest BCUT2D eigenvalue weighted by atomic mass is 16.2. The van der Waals surface area contributed by atoms with E-state index in [0.717, 1.165) is 18.9 Å². The Bertz CT molecular complexity index is 725. The Morgan fingerprint density at radius 3 is 2.50 bits per heavy atom. The molecule has 1 aliphatic heterocycles. The predicted molar refractivity (Wildman–Crippen MR) is 97.4 cm³/mol. The number of carbonyl (C=O) groups excluding carboxylic acids is 1. The first kappa shape index (κ1) is 16.5. The van der Waals surface area contributed by atoms with Gasteiger partial charge in [-0.05, 0) is 23.1 Å². The summed E-state index contributed by atoms with van der Waals surface area (Å²) in [5, 5.41) is 0. The molecule has 0 unspecified atom stereocenters. The van der Waals surface area contributed by atoms with Crippen LogP contribution in [0.25, 0.3) is 0 Å². The fraction of sp³-hybridized carbons (Fsp3) is 0.400. The van der Waals surface area contributed by atoms with Crippen molar-refractivity contribution in [3.8, 4) is 0 Å². The summed E-state index contributed by atoms with van der Waals surface area (Å²) in [4.78, 5) is 20.6. The summed E-state index contributed by atoms with van der Waals surface area (Å²) in [5.41, 5.74) is 2.02. The van der Waals surface area contributed by atoms with Gasteiger partial charge in [0.2, 0.25) is 0 Å². The largest absolute Gasteiger partial charge is 0.355 e. The van der Waals surface area contributed by atoms with Gasteiger partial charge in [0.25, 0.3) is 5.91 Å². The molecule has 2 aromatic rings. The van der Waals surface area contributed by atoms with Crippen LogP contribution in [0.5, 0.6) is 0 Å². The van der Waals surface area contributed by atoms with Gasteiger partial charge in [-0.2, -0.15) is 0 Å². The van der Waals surface area contributed by atoms with E-state index >= 15 is 0 Å². The third-order valence-electron chi connectivity index (χ3n) is 4.83. The molecule has 2 heterocycles. The molecule has 0 radical (unpaired) electrons. The van der Waals surface area contributed by atoms with E-state index in [1.54, 1.807) is 25.1 Å². The highest BCUT2D eigenvalue weighted by molar-refractivity contribution is 5.92. The molecule has 0 spiro atoms. The molecular weight excluding hydrogens is 298 g/mol. The van der Waals surface area contributed by atoms with Crippen LogP contribution < -0.4 is 4.90 Å². The van der Waals surface area contributed by atoms with Gasteiger partial charge in [-0.15, -0.1) is 0 Å². The lowest BCUT2D eigenvalue weighted by atomic mass is 9.78. The van der Waals surface area contributed by atoms with Gasteiger partial charge in [-0.25, -0.2) is 4.98 Å². The first-order valence-electron chi connectivity index (χ1n) is 8.37. The van der Waals surface area contributed by atoms with E-state index in [1.165, 1.54) is 5.56 Å². The summed E-state index contributed by atoms with van der Waals surface area (Å²) < 4.78 is 0. The summed E-state index contributed by atoms with van der Waals surface area (Å²) in [7, 11) is 3.50. The molecule has 0 N–H and O–H groups in total. The molecule has 4 nitrogen and oxygen atoms in total. The van der Waals surface area contributed by atoms with Gasteiger partial charge in [0, 0.05) is 33.1 Å². The molecule has 1 fully saturated rings. The normalized spacial score (nSPS) is 19.3. The SMILES string of the molecule is CN(C)C(=O)c1cccc(N2C[C@@H](c3ccccc3)C(C)(C)C2)n1. The van der Waals surface area contributed by atoms with Gasteiger partial charge in [-0.3, -0.25) is 4.79 Å². The van der Waals surface area contributed by atoms with Gasteiger partial charge in [0.05, 0.1) is 0 Å². The maximum absolute atomic E-state index is 12.2. The second-order valence-corrected chi connectivity index (χ2v) is 7.41. The van der Waals surface area contributed by atoms with Crippen molar-refractivity contribution in [2.24, 2.45) is 5.41 Å². The average molecular weight is 323 g/mol. The van der Waals surface area contributed by atoms with Crippen molar-refractivity contribution < 1.29 is 4.79 Å². The number of hydrogen-bond acceptors (Lipinski definition) is 3. The number of pyridine rings is 1. The molecule has 0 aliphatic carbocycles. The fourth-order valence-electron chi connectivity index (χ4n) is 3.50. The second kappa shape index (κ2) is 6.27. The average Bonchev–Trinajstić information content (AvgIpc) is 2.90. The van der Waals surface area contributed by atoms with Crippen molar-refractivity contribution in [1.82, 2.24) is 9.88 Å². The maximum atomic E-state index is 12.2. The lowest BCUT2D eigenvalue weighted by molar-refractivity contribution is 0.0822. The van der Waals surface area contributed by atoms with E-state index in [9.17, 15) is 4.79 Å². The molecule has 0 saturated carbocycles.